The molecule has 306 valence electrons. The average molecular weight is 812 g/mol. The van der Waals surface area contributed by atoms with Crippen molar-refractivity contribution in [3.05, 3.63) is 258 Å². The Labute approximate surface area is 374 Å². The Morgan fingerprint density at radius 3 is 1.22 bits per heavy atom. The molecule has 1 aliphatic carbocycles. The summed E-state index contributed by atoms with van der Waals surface area (Å²) in [6.45, 7) is 6.95. The summed E-state index contributed by atoms with van der Waals surface area (Å²) in [4.78, 5) is 2.37. The van der Waals surface area contributed by atoms with Crippen molar-refractivity contribution >= 4 is 17.1 Å². The van der Waals surface area contributed by atoms with Crippen molar-refractivity contribution in [2.24, 2.45) is 0 Å². The van der Waals surface area contributed by atoms with Crippen molar-refractivity contribution in [2.45, 2.75) is 51.4 Å². The van der Waals surface area contributed by atoms with Crippen LogP contribution in [0.5, 0.6) is 0 Å². The summed E-state index contributed by atoms with van der Waals surface area (Å²) in [6, 6.07) is 83.1. The predicted molar refractivity (Wildman–Crippen MR) is 267 cm³/mol. The molecule has 9 aromatic carbocycles. The molecule has 9 aromatic rings. The molecule has 0 saturated heterocycles. The minimum atomic E-state index is -0.394. The second kappa shape index (κ2) is 17.3. The highest BCUT2D eigenvalue weighted by molar-refractivity contribution is 5.80. The van der Waals surface area contributed by atoms with Crippen LogP contribution in [0.1, 0.15) is 66.5 Å². The molecule has 2 unspecified atom stereocenters. The molecule has 0 amide bonds. The maximum absolute atomic E-state index is 2.41. The minimum absolute atomic E-state index is 0.394. The Balaban J connectivity index is 0.987. The Morgan fingerprint density at radius 2 is 0.778 bits per heavy atom. The number of aryl methyl sites for hydroxylation is 2. The number of nitrogens with zero attached hydrogens (tertiary/aromatic N) is 1. The molecule has 0 fully saturated rings. The lowest BCUT2D eigenvalue weighted by Gasteiger charge is -2.33. The third kappa shape index (κ3) is 7.92. The van der Waals surface area contributed by atoms with E-state index in [0.29, 0.717) is 5.92 Å². The monoisotopic (exact) mass is 811 g/mol. The van der Waals surface area contributed by atoms with Crippen molar-refractivity contribution < 1.29 is 0 Å². The number of benzene rings is 9. The first-order chi connectivity index (χ1) is 30.9. The molecule has 0 N–H and O–H groups in total. The van der Waals surface area contributed by atoms with Crippen molar-refractivity contribution in [2.75, 3.05) is 4.90 Å². The van der Waals surface area contributed by atoms with Crippen LogP contribution >= 0.6 is 0 Å². The van der Waals surface area contributed by atoms with Crippen molar-refractivity contribution in [3.63, 3.8) is 0 Å². The Morgan fingerprint density at radius 1 is 0.381 bits per heavy atom. The smallest absolute Gasteiger partial charge is 0.0462 e. The highest BCUT2D eigenvalue weighted by Gasteiger charge is 2.32. The number of rotatable bonds is 12. The van der Waals surface area contributed by atoms with E-state index in [1.165, 1.54) is 90.7 Å². The van der Waals surface area contributed by atoms with Crippen LogP contribution in [-0.2, 0) is 18.3 Å². The van der Waals surface area contributed by atoms with E-state index >= 15 is 0 Å². The Bertz CT molecular complexity index is 2950. The molecule has 2 atom stereocenters. The summed E-state index contributed by atoms with van der Waals surface area (Å²) in [5, 5.41) is 0. The van der Waals surface area contributed by atoms with E-state index < -0.39 is 5.41 Å². The molecule has 0 aliphatic heterocycles. The SMILES string of the molecule is CCC(C)c1ccc(N(c2ccc(-c3ccccc3)cc2)c2ccc(-c3ccc(C(C)(c4ccc(-c5ccccc5)cc4)c4cccc(-c5ccc6c(c5)CC6)c4)cc3)cc2)cc1. The summed E-state index contributed by atoms with van der Waals surface area (Å²) in [7, 11) is 0. The summed E-state index contributed by atoms with van der Waals surface area (Å²) < 4.78 is 0. The van der Waals surface area contributed by atoms with E-state index in [-0.39, 0.29) is 0 Å². The van der Waals surface area contributed by atoms with E-state index in [4.69, 9.17) is 0 Å². The first kappa shape index (κ1) is 39.9. The van der Waals surface area contributed by atoms with Gasteiger partial charge in [0, 0.05) is 22.5 Å². The van der Waals surface area contributed by atoms with Crippen molar-refractivity contribution in [1.82, 2.24) is 0 Å². The minimum Gasteiger partial charge on any atom is -0.311 e. The molecule has 63 heavy (non-hydrogen) atoms. The lowest BCUT2D eigenvalue weighted by molar-refractivity contribution is 0.693. The molecule has 1 heteroatoms. The van der Waals surface area contributed by atoms with Gasteiger partial charge in [0.15, 0.2) is 0 Å². The van der Waals surface area contributed by atoms with Gasteiger partial charge in [-0.05, 0) is 152 Å². The van der Waals surface area contributed by atoms with Gasteiger partial charge in [0.2, 0.25) is 0 Å². The van der Waals surface area contributed by atoms with Crippen LogP contribution in [-0.4, -0.2) is 0 Å². The second-order valence-electron chi connectivity index (χ2n) is 17.4. The fourth-order valence-corrected chi connectivity index (χ4v) is 9.38. The van der Waals surface area contributed by atoms with E-state index in [1.807, 2.05) is 0 Å². The van der Waals surface area contributed by atoms with Gasteiger partial charge < -0.3 is 4.90 Å². The number of fused-ring (bicyclic) bond motifs is 1. The molecular weight excluding hydrogens is 759 g/mol. The zero-order valence-electron chi connectivity index (χ0n) is 36.5. The molecule has 0 spiro atoms. The second-order valence-corrected chi connectivity index (χ2v) is 17.4. The fourth-order valence-electron chi connectivity index (χ4n) is 9.38. The third-order valence-corrected chi connectivity index (χ3v) is 13.7. The molecule has 0 radical (unpaired) electrons. The van der Waals surface area contributed by atoms with Crippen LogP contribution in [0.3, 0.4) is 0 Å². The molecule has 0 aromatic heterocycles. The molecule has 0 heterocycles. The van der Waals surface area contributed by atoms with Crippen molar-refractivity contribution in [1.29, 1.82) is 0 Å². The third-order valence-electron chi connectivity index (χ3n) is 13.7. The maximum atomic E-state index is 2.41. The predicted octanol–water partition coefficient (Wildman–Crippen LogP) is 16.8. The Kier molecular flexibility index (Phi) is 10.9. The average Bonchev–Trinajstić information content (AvgIpc) is 3.35. The van der Waals surface area contributed by atoms with Crippen LogP contribution in [0.15, 0.2) is 224 Å². The summed E-state index contributed by atoms with van der Waals surface area (Å²) in [6.07, 6.45) is 3.50. The first-order valence-electron chi connectivity index (χ1n) is 22.6. The maximum Gasteiger partial charge on any atom is 0.0462 e. The quantitative estimate of drug-likeness (QED) is 0.111. The number of hydrogen-bond donors (Lipinski definition) is 0. The normalized spacial score (nSPS) is 13.3. The van der Waals surface area contributed by atoms with E-state index in [0.717, 1.165) is 23.5 Å². The topological polar surface area (TPSA) is 3.24 Å². The highest BCUT2D eigenvalue weighted by atomic mass is 15.1. The number of anilines is 3. The van der Waals surface area contributed by atoms with Gasteiger partial charge in [0.05, 0.1) is 0 Å². The van der Waals surface area contributed by atoms with Crippen LogP contribution in [0.25, 0.3) is 44.5 Å². The van der Waals surface area contributed by atoms with Crippen LogP contribution < -0.4 is 4.90 Å². The zero-order chi connectivity index (χ0) is 42.8. The largest absolute Gasteiger partial charge is 0.311 e. The van der Waals surface area contributed by atoms with Gasteiger partial charge in [0.25, 0.3) is 0 Å². The molecule has 10 rings (SSSR count). The molecule has 0 saturated carbocycles. The summed E-state index contributed by atoms with van der Waals surface area (Å²) in [5.41, 5.74) is 21.0. The van der Waals surface area contributed by atoms with Gasteiger partial charge in [-0.2, -0.15) is 0 Å². The summed E-state index contributed by atoms with van der Waals surface area (Å²) in [5.74, 6) is 0.525. The van der Waals surface area contributed by atoms with E-state index in [1.54, 1.807) is 0 Å². The van der Waals surface area contributed by atoms with Gasteiger partial charge in [-0.1, -0.05) is 196 Å². The standard InChI is InChI=1S/C62H53N/c1-4-44(2)45-26-36-59(37-27-45)63(60-38-28-50(29-39-60)47-14-9-6-10-15-47)61-40-30-51(31-41-61)49-24-34-57(35-25-49)62(3,56-32-22-48(23-33-56)46-12-7-5-8-13-46)58-17-11-16-53(43-58)55-21-19-52-18-20-54(52)42-55/h5-17,19,21-44H,4,18,20H2,1-3H3. The van der Waals surface area contributed by atoms with Gasteiger partial charge in [-0.25, -0.2) is 0 Å². The van der Waals surface area contributed by atoms with Gasteiger partial charge in [0.1, 0.15) is 0 Å². The fraction of sp³-hybridized carbons (Fsp3) is 0.129. The van der Waals surface area contributed by atoms with E-state index in [9.17, 15) is 0 Å². The van der Waals surface area contributed by atoms with Crippen molar-refractivity contribution in [3.8, 4) is 44.5 Å². The molecular formula is C62H53N. The van der Waals surface area contributed by atoms with Crippen LogP contribution in [0.2, 0.25) is 0 Å². The zero-order valence-corrected chi connectivity index (χ0v) is 36.5. The van der Waals surface area contributed by atoms with Crippen LogP contribution in [0.4, 0.5) is 17.1 Å². The number of hydrogen-bond acceptors (Lipinski definition) is 1. The van der Waals surface area contributed by atoms with Crippen LogP contribution in [0, 0.1) is 0 Å². The van der Waals surface area contributed by atoms with E-state index in [2.05, 4.69) is 250 Å². The molecule has 0 bridgehead atoms. The van der Waals surface area contributed by atoms with Gasteiger partial charge in [-0.15, -0.1) is 0 Å². The molecule has 1 aliphatic rings. The van der Waals surface area contributed by atoms with Gasteiger partial charge in [-0.3, -0.25) is 0 Å². The lowest BCUT2D eigenvalue weighted by Crippen LogP contribution is -2.25. The lowest BCUT2D eigenvalue weighted by atomic mass is 9.70. The molecule has 1 nitrogen and oxygen atoms in total. The highest BCUT2D eigenvalue weighted by Crippen LogP contribution is 2.43. The van der Waals surface area contributed by atoms with Gasteiger partial charge >= 0.3 is 0 Å². The first-order valence-corrected chi connectivity index (χ1v) is 22.6. The summed E-state index contributed by atoms with van der Waals surface area (Å²) >= 11 is 0. The Hall–Kier alpha value is -7.22.